The molecule has 6 nitrogen and oxygen atoms in total. The van der Waals surface area contributed by atoms with Crippen molar-refractivity contribution in [1.82, 2.24) is 15.1 Å². The van der Waals surface area contributed by atoms with E-state index in [2.05, 4.69) is 10.4 Å². The summed E-state index contributed by atoms with van der Waals surface area (Å²) in [7, 11) is 1.57. The number of hydrogen-bond donors (Lipinski definition) is 1. The maximum atomic E-state index is 13.1. The van der Waals surface area contributed by atoms with Gasteiger partial charge in [-0.1, -0.05) is 12.1 Å². The SMILES string of the molecule is COc1cccc(CC(=O)NCCn2nc(-c3ccc(F)cc3)ccc2=O)c1. The minimum Gasteiger partial charge on any atom is -0.497 e. The molecule has 0 fully saturated rings. The molecule has 1 N–H and O–H groups in total. The fourth-order valence-electron chi connectivity index (χ4n) is 2.72. The second kappa shape index (κ2) is 8.94. The van der Waals surface area contributed by atoms with Crippen molar-refractivity contribution in [2.75, 3.05) is 13.7 Å². The van der Waals surface area contributed by atoms with Gasteiger partial charge in [0.25, 0.3) is 5.56 Å². The van der Waals surface area contributed by atoms with E-state index < -0.39 is 0 Å². The summed E-state index contributed by atoms with van der Waals surface area (Å²) in [5.74, 6) is 0.200. The van der Waals surface area contributed by atoms with Crippen LogP contribution in [0.5, 0.6) is 5.75 Å². The van der Waals surface area contributed by atoms with Crippen molar-refractivity contribution >= 4 is 5.91 Å². The monoisotopic (exact) mass is 381 g/mol. The van der Waals surface area contributed by atoms with Gasteiger partial charge in [0.15, 0.2) is 0 Å². The van der Waals surface area contributed by atoms with Crippen molar-refractivity contribution in [3.05, 3.63) is 82.4 Å². The van der Waals surface area contributed by atoms with E-state index in [1.807, 2.05) is 18.2 Å². The number of benzene rings is 2. The predicted octanol–water partition coefficient (Wildman–Crippen LogP) is 2.42. The zero-order valence-corrected chi connectivity index (χ0v) is 15.4. The molecular weight excluding hydrogens is 361 g/mol. The number of carbonyl (C=O) groups is 1. The van der Waals surface area contributed by atoms with Crippen LogP contribution in [-0.2, 0) is 17.8 Å². The van der Waals surface area contributed by atoms with Crippen LogP contribution in [0.4, 0.5) is 4.39 Å². The molecule has 0 aliphatic heterocycles. The lowest BCUT2D eigenvalue weighted by atomic mass is 10.1. The molecule has 0 saturated heterocycles. The van der Waals surface area contributed by atoms with E-state index in [4.69, 9.17) is 4.74 Å². The molecule has 7 heteroatoms. The second-order valence-electron chi connectivity index (χ2n) is 6.17. The van der Waals surface area contributed by atoms with Crippen molar-refractivity contribution in [2.24, 2.45) is 0 Å². The van der Waals surface area contributed by atoms with Gasteiger partial charge in [-0.3, -0.25) is 9.59 Å². The van der Waals surface area contributed by atoms with Gasteiger partial charge in [0.2, 0.25) is 5.91 Å². The molecule has 1 aromatic heterocycles. The number of rotatable bonds is 7. The fraction of sp³-hybridized carbons (Fsp3) is 0.190. The first kappa shape index (κ1) is 19.3. The van der Waals surface area contributed by atoms with E-state index in [9.17, 15) is 14.0 Å². The zero-order chi connectivity index (χ0) is 19.9. The number of hydrogen-bond acceptors (Lipinski definition) is 4. The van der Waals surface area contributed by atoms with Gasteiger partial charge in [-0.25, -0.2) is 9.07 Å². The minimum atomic E-state index is -0.337. The molecule has 3 rings (SSSR count). The van der Waals surface area contributed by atoms with Crippen molar-refractivity contribution in [2.45, 2.75) is 13.0 Å². The molecule has 0 bridgehead atoms. The Balaban J connectivity index is 1.59. The molecular formula is C21H20FN3O3. The number of amides is 1. The number of halogens is 1. The molecule has 1 amide bonds. The van der Waals surface area contributed by atoms with Gasteiger partial charge < -0.3 is 10.1 Å². The zero-order valence-electron chi connectivity index (χ0n) is 15.4. The van der Waals surface area contributed by atoms with Crippen LogP contribution < -0.4 is 15.6 Å². The predicted molar refractivity (Wildman–Crippen MR) is 104 cm³/mol. The number of nitrogens with one attached hydrogen (secondary N) is 1. The molecule has 1 heterocycles. The summed E-state index contributed by atoms with van der Waals surface area (Å²) in [6.07, 6.45) is 0.217. The summed E-state index contributed by atoms with van der Waals surface area (Å²) >= 11 is 0. The fourth-order valence-corrected chi connectivity index (χ4v) is 2.72. The third-order valence-electron chi connectivity index (χ3n) is 4.15. The highest BCUT2D eigenvalue weighted by Gasteiger charge is 2.07. The number of carbonyl (C=O) groups excluding carboxylic acids is 1. The molecule has 28 heavy (non-hydrogen) atoms. The Morgan fingerprint density at radius 2 is 1.93 bits per heavy atom. The lowest BCUT2D eigenvalue weighted by Crippen LogP contribution is -2.32. The average Bonchev–Trinajstić information content (AvgIpc) is 2.70. The summed E-state index contributed by atoms with van der Waals surface area (Å²) in [6, 6.07) is 16.2. The van der Waals surface area contributed by atoms with Crippen LogP contribution in [0.15, 0.2) is 65.5 Å². The molecule has 0 spiro atoms. The second-order valence-corrected chi connectivity index (χ2v) is 6.17. The molecule has 2 aromatic carbocycles. The van der Waals surface area contributed by atoms with Crippen molar-refractivity contribution < 1.29 is 13.9 Å². The number of methoxy groups -OCH3 is 1. The summed E-state index contributed by atoms with van der Waals surface area (Å²) in [4.78, 5) is 24.1. The molecule has 0 aliphatic rings. The van der Waals surface area contributed by atoms with Crippen LogP contribution in [-0.4, -0.2) is 29.3 Å². The van der Waals surface area contributed by atoms with Gasteiger partial charge in [-0.2, -0.15) is 5.10 Å². The molecule has 0 radical (unpaired) electrons. The molecule has 0 atom stereocenters. The van der Waals surface area contributed by atoms with Crippen molar-refractivity contribution in [1.29, 1.82) is 0 Å². The molecule has 3 aromatic rings. The Kier molecular flexibility index (Phi) is 6.16. The van der Waals surface area contributed by atoms with Crippen LogP contribution in [0.25, 0.3) is 11.3 Å². The summed E-state index contributed by atoms with van der Waals surface area (Å²) in [6.45, 7) is 0.500. The summed E-state index contributed by atoms with van der Waals surface area (Å²) < 4.78 is 19.5. The van der Waals surface area contributed by atoms with Gasteiger partial charge in [-0.05, 0) is 48.0 Å². The van der Waals surface area contributed by atoms with E-state index in [-0.39, 0.29) is 36.8 Å². The smallest absolute Gasteiger partial charge is 0.266 e. The Bertz CT molecular complexity index is 1020. The highest BCUT2D eigenvalue weighted by atomic mass is 19.1. The maximum Gasteiger partial charge on any atom is 0.266 e. The van der Waals surface area contributed by atoms with E-state index in [0.29, 0.717) is 17.0 Å². The van der Waals surface area contributed by atoms with E-state index in [1.54, 1.807) is 31.4 Å². The largest absolute Gasteiger partial charge is 0.497 e. The maximum absolute atomic E-state index is 13.1. The molecule has 144 valence electrons. The normalized spacial score (nSPS) is 10.5. The Morgan fingerprint density at radius 3 is 2.68 bits per heavy atom. The highest BCUT2D eigenvalue weighted by molar-refractivity contribution is 5.78. The van der Waals surface area contributed by atoms with Crippen LogP contribution in [0, 0.1) is 5.82 Å². The quantitative estimate of drug-likeness (QED) is 0.682. The highest BCUT2D eigenvalue weighted by Crippen LogP contribution is 2.15. The lowest BCUT2D eigenvalue weighted by molar-refractivity contribution is -0.120. The minimum absolute atomic E-state index is 0.156. The van der Waals surface area contributed by atoms with Crippen molar-refractivity contribution in [3.8, 4) is 17.0 Å². The van der Waals surface area contributed by atoms with Gasteiger partial charge in [-0.15, -0.1) is 0 Å². The third kappa shape index (κ3) is 5.03. The van der Waals surface area contributed by atoms with Crippen LogP contribution >= 0.6 is 0 Å². The Labute approximate surface area is 161 Å². The van der Waals surface area contributed by atoms with Crippen LogP contribution in [0.1, 0.15) is 5.56 Å². The van der Waals surface area contributed by atoms with Crippen LogP contribution in [0.3, 0.4) is 0 Å². The standard InChI is InChI=1S/C21H20FN3O3/c1-28-18-4-2-3-15(13-18)14-20(26)23-11-12-25-21(27)10-9-19(24-25)16-5-7-17(22)8-6-16/h2-10,13H,11-12,14H2,1H3,(H,23,26). The third-order valence-corrected chi connectivity index (χ3v) is 4.15. The molecule has 0 saturated carbocycles. The topological polar surface area (TPSA) is 73.2 Å². The molecule has 0 unspecified atom stereocenters. The van der Waals surface area contributed by atoms with E-state index >= 15 is 0 Å². The van der Waals surface area contributed by atoms with Crippen molar-refractivity contribution in [3.63, 3.8) is 0 Å². The van der Waals surface area contributed by atoms with Crippen LogP contribution in [0.2, 0.25) is 0 Å². The number of aromatic nitrogens is 2. The summed E-state index contributed by atoms with van der Waals surface area (Å²) in [5.41, 5.74) is 1.83. The number of nitrogens with zero attached hydrogens (tertiary/aromatic N) is 2. The summed E-state index contributed by atoms with van der Waals surface area (Å²) in [5, 5.41) is 7.07. The van der Waals surface area contributed by atoms with E-state index in [1.165, 1.54) is 22.9 Å². The first-order valence-electron chi connectivity index (χ1n) is 8.79. The van der Waals surface area contributed by atoms with Gasteiger partial charge >= 0.3 is 0 Å². The van der Waals surface area contributed by atoms with Gasteiger partial charge in [0.05, 0.1) is 25.8 Å². The lowest BCUT2D eigenvalue weighted by Gasteiger charge is -2.09. The Hall–Kier alpha value is -3.48. The van der Waals surface area contributed by atoms with Gasteiger partial charge in [0, 0.05) is 18.2 Å². The molecule has 0 aliphatic carbocycles. The number of ether oxygens (including phenoxy) is 1. The first-order chi connectivity index (χ1) is 13.5. The Morgan fingerprint density at radius 1 is 1.14 bits per heavy atom. The van der Waals surface area contributed by atoms with Gasteiger partial charge in [0.1, 0.15) is 11.6 Å². The van der Waals surface area contributed by atoms with E-state index in [0.717, 1.165) is 5.56 Å². The average molecular weight is 381 g/mol. The first-order valence-corrected chi connectivity index (χ1v) is 8.79.